The van der Waals surface area contributed by atoms with Crippen molar-refractivity contribution in [1.29, 1.82) is 0 Å². The monoisotopic (exact) mass is 418 g/mol. The molecule has 1 heteroatoms. The van der Waals surface area contributed by atoms with Crippen molar-refractivity contribution in [3.8, 4) is 11.1 Å². The van der Waals surface area contributed by atoms with Gasteiger partial charge in [-0.3, -0.25) is 4.79 Å². The zero-order valence-electron chi connectivity index (χ0n) is 19.7. The normalized spacial score (nSPS) is 11.3. The van der Waals surface area contributed by atoms with Crippen LogP contribution in [-0.4, -0.2) is 5.78 Å². The highest BCUT2D eigenvalue weighted by Gasteiger charge is 2.11. The fourth-order valence-electron chi connectivity index (χ4n) is 4.09. The predicted molar refractivity (Wildman–Crippen MR) is 136 cm³/mol. The lowest BCUT2D eigenvalue weighted by Crippen LogP contribution is -2.01. The average Bonchev–Trinajstić information content (AvgIpc) is 2.82. The molecule has 0 fully saturated rings. The molecule has 2 aromatic rings. The van der Waals surface area contributed by atoms with Gasteiger partial charge in [0.05, 0.1) is 0 Å². The number of carbonyl (C=O) groups excluding carboxylic acids is 1. The first kappa shape index (κ1) is 25.1. The van der Waals surface area contributed by atoms with Crippen LogP contribution in [0.15, 0.2) is 66.7 Å². The molecule has 31 heavy (non-hydrogen) atoms. The van der Waals surface area contributed by atoms with E-state index in [1.165, 1.54) is 70.6 Å². The molecular formula is C30H42O. The maximum atomic E-state index is 12.8. The highest BCUT2D eigenvalue weighted by molar-refractivity contribution is 6.02. The van der Waals surface area contributed by atoms with E-state index in [4.69, 9.17) is 0 Å². The molecule has 0 N–H and O–H groups in total. The zero-order valence-corrected chi connectivity index (χ0v) is 19.7. The third-order valence-corrected chi connectivity index (χ3v) is 5.98. The molecule has 0 unspecified atom stereocenters. The van der Waals surface area contributed by atoms with Crippen LogP contribution in [0.4, 0.5) is 0 Å². The van der Waals surface area contributed by atoms with Crippen molar-refractivity contribution in [2.24, 2.45) is 0 Å². The third-order valence-electron chi connectivity index (χ3n) is 5.98. The predicted octanol–water partition coefficient (Wildman–Crippen LogP) is 9.57. The van der Waals surface area contributed by atoms with Crippen molar-refractivity contribution in [1.82, 2.24) is 0 Å². The Kier molecular flexibility index (Phi) is 13.4. The van der Waals surface area contributed by atoms with Crippen LogP contribution in [0, 0.1) is 0 Å². The maximum Gasteiger partial charge on any atom is 0.163 e. The summed E-state index contributed by atoms with van der Waals surface area (Å²) >= 11 is 0. The number of benzene rings is 2. The van der Waals surface area contributed by atoms with E-state index in [1.54, 1.807) is 0 Å². The number of hydrogen-bond acceptors (Lipinski definition) is 1. The van der Waals surface area contributed by atoms with Crippen LogP contribution < -0.4 is 0 Å². The van der Waals surface area contributed by atoms with Gasteiger partial charge in [-0.1, -0.05) is 125 Å². The molecule has 0 spiro atoms. The van der Waals surface area contributed by atoms with Crippen LogP contribution in [0.2, 0.25) is 0 Å². The number of hydrogen-bond donors (Lipinski definition) is 0. The van der Waals surface area contributed by atoms with Gasteiger partial charge in [0.25, 0.3) is 0 Å². The second-order valence-electron chi connectivity index (χ2n) is 8.67. The lowest BCUT2D eigenvalue weighted by atomic mass is 9.94. The fraction of sp³-hybridized carbons (Fsp3) is 0.500. The molecule has 0 aliphatic rings. The first-order valence-electron chi connectivity index (χ1n) is 12.7. The third kappa shape index (κ3) is 10.6. The standard InChI is InChI=1S/C30H42O/c1-2-3-4-5-6-7-8-9-10-11-12-13-14-15-19-26-30(31)29-25-21-20-24-28(29)27-22-17-16-18-23-27/h9-10,16-18,20-25H,2-8,11-15,19,26H2,1H3/b10-9-. The Balaban J connectivity index is 1.53. The summed E-state index contributed by atoms with van der Waals surface area (Å²) in [7, 11) is 0. The molecule has 0 amide bonds. The molecule has 2 rings (SSSR count). The SMILES string of the molecule is CCCCCCCC/C=C\CCCCCCCC(=O)c1ccccc1-c1ccccc1. The van der Waals surface area contributed by atoms with E-state index in [9.17, 15) is 4.79 Å². The molecule has 0 aliphatic carbocycles. The molecule has 0 radical (unpaired) electrons. The molecule has 168 valence electrons. The van der Waals surface area contributed by atoms with Crippen molar-refractivity contribution in [3.05, 3.63) is 72.3 Å². The molecule has 0 saturated heterocycles. The van der Waals surface area contributed by atoms with E-state index in [1.807, 2.05) is 36.4 Å². The van der Waals surface area contributed by atoms with Crippen LogP contribution in [-0.2, 0) is 0 Å². The highest BCUT2D eigenvalue weighted by Crippen LogP contribution is 2.25. The van der Waals surface area contributed by atoms with Crippen molar-refractivity contribution >= 4 is 5.78 Å². The Bertz CT molecular complexity index is 744. The van der Waals surface area contributed by atoms with E-state index in [0.29, 0.717) is 6.42 Å². The van der Waals surface area contributed by atoms with Crippen LogP contribution in [0.3, 0.4) is 0 Å². The van der Waals surface area contributed by atoms with Gasteiger partial charge in [-0.05, 0) is 43.2 Å². The smallest absolute Gasteiger partial charge is 0.163 e. The Morgan fingerprint density at radius 1 is 0.645 bits per heavy atom. The second-order valence-corrected chi connectivity index (χ2v) is 8.67. The van der Waals surface area contributed by atoms with E-state index in [2.05, 4.69) is 37.3 Å². The summed E-state index contributed by atoms with van der Waals surface area (Å²) in [6, 6.07) is 18.2. The molecule has 1 nitrogen and oxygen atoms in total. The van der Waals surface area contributed by atoms with Gasteiger partial charge in [-0.2, -0.15) is 0 Å². The Hall–Kier alpha value is -2.15. The summed E-state index contributed by atoms with van der Waals surface area (Å²) in [5.41, 5.74) is 3.04. The van der Waals surface area contributed by atoms with E-state index >= 15 is 0 Å². The first-order valence-corrected chi connectivity index (χ1v) is 12.7. The fourth-order valence-corrected chi connectivity index (χ4v) is 4.09. The van der Waals surface area contributed by atoms with Crippen LogP contribution in [0.25, 0.3) is 11.1 Å². The van der Waals surface area contributed by atoms with Crippen LogP contribution in [0.1, 0.15) is 107 Å². The number of unbranched alkanes of at least 4 members (excludes halogenated alkanes) is 11. The number of Topliss-reactive ketones (excluding diaryl/α,β-unsaturated/α-hetero) is 1. The van der Waals surface area contributed by atoms with E-state index in [-0.39, 0.29) is 5.78 Å². The Morgan fingerprint density at radius 2 is 1.19 bits per heavy atom. The minimum Gasteiger partial charge on any atom is -0.294 e. The number of allylic oxidation sites excluding steroid dienone is 2. The van der Waals surface area contributed by atoms with Gasteiger partial charge in [-0.15, -0.1) is 0 Å². The van der Waals surface area contributed by atoms with Gasteiger partial charge >= 0.3 is 0 Å². The molecular weight excluding hydrogens is 376 g/mol. The lowest BCUT2D eigenvalue weighted by molar-refractivity contribution is 0.0979. The van der Waals surface area contributed by atoms with Crippen molar-refractivity contribution < 1.29 is 4.79 Å². The number of ketones is 1. The van der Waals surface area contributed by atoms with E-state index < -0.39 is 0 Å². The topological polar surface area (TPSA) is 17.1 Å². The molecule has 2 aromatic carbocycles. The summed E-state index contributed by atoms with van der Waals surface area (Å²) in [6.45, 7) is 2.27. The van der Waals surface area contributed by atoms with Gasteiger partial charge in [0.1, 0.15) is 0 Å². The molecule has 0 heterocycles. The van der Waals surface area contributed by atoms with Crippen LogP contribution in [0.5, 0.6) is 0 Å². The number of carbonyl (C=O) groups is 1. The maximum absolute atomic E-state index is 12.8. The Labute approximate surface area is 191 Å². The molecule has 0 aromatic heterocycles. The van der Waals surface area contributed by atoms with Gasteiger partial charge in [0, 0.05) is 12.0 Å². The first-order chi connectivity index (χ1) is 15.3. The molecule has 0 aliphatic heterocycles. The van der Waals surface area contributed by atoms with Crippen LogP contribution >= 0.6 is 0 Å². The quantitative estimate of drug-likeness (QED) is 0.142. The molecule has 0 bridgehead atoms. The highest BCUT2D eigenvalue weighted by atomic mass is 16.1. The summed E-state index contributed by atoms with van der Waals surface area (Å²) in [4.78, 5) is 12.8. The molecule has 0 saturated carbocycles. The van der Waals surface area contributed by atoms with E-state index in [0.717, 1.165) is 29.5 Å². The van der Waals surface area contributed by atoms with Gasteiger partial charge in [0.2, 0.25) is 0 Å². The summed E-state index contributed by atoms with van der Waals surface area (Å²) in [5.74, 6) is 0.275. The van der Waals surface area contributed by atoms with Gasteiger partial charge in [0.15, 0.2) is 5.78 Å². The largest absolute Gasteiger partial charge is 0.294 e. The average molecular weight is 419 g/mol. The van der Waals surface area contributed by atoms with Gasteiger partial charge in [-0.25, -0.2) is 0 Å². The minimum atomic E-state index is 0.275. The minimum absolute atomic E-state index is 0.275. The molecule has 0 atom stereocenters. The van der Waals surface area contributed by atoms with Crippen molar-refractivity contribution in [3.63, 3.8) is 0 Å². The van der Waals surface area contributed by atoms with Crippen molar-refractivity contribution in [2.45, 2.75) is 96.8 Å². The summed E-state index contributed by atoms with van der Waals surface area (Å²) in [5, 5.41) is 0. The summed E-state index contributed by atoms with van der Waals surface area (Å²) in [6.07, 6.45) is 22.1. The summed E-state index contributed by atoms with van der Waals surface area (Å²) < 4.78 is 0. The van der Waals surface area contributed by atoms with Crippen molar-refractivity contribution in [2.75, 3.05) is 0 Å². The lowest BCUT2D eigenvalue weighted by Gasteiger charge is -2.09. The number of rotatable bonds is 17. The second kappa shape index (κ2) is 16.5. The zero-order chi connectivity index (χ0) is 22.0. The van der Waals surface area contributed by atoms with Gasteiger partial charge < -0.3 is 0 Å². The Morgan fingerprint density at radius 3 is 1.87 bits per heavy atom.